The van der Waals surface area contributed by atoms with Gasteiger partial charge in [0.15, 0.2) is 0 Å². The first-order valence-corrected chi connectivity index (χ1v) is 3.90. The van der Waals surface area contributed by atoms with E-state index in [0.717, 1.165) is 6.42 Å². The van der Waals surface area contributed by atoms with Crippen molar-refractivity contribution < 1.29 is 18.3 Å². The molecule has 5 heteroatoms. The predicted octanol–water partition coefficient (Wildman–Crippen LogP) is 1.48. The van der Waals surface area contributed by atoms with Crippen molar-refractivity contribution in [3.63, 3.8) is 0 Å². The smallest absolute Gasteiger partial charge is 0.409 e. The number of carbonyl (C=O) groups is 1. The van der Waals surface area contributed by atoms with Crippen LogP contribution in [0.4, 0.5) is 13.6 Å². The molecule has 0 aromatic carbocycles. The third-order valence-corrected chi connectivity index (χ3v) is 1.68. The minimum Gasteiger partial charge on any atom is -0.449 e. The highest BCUT2D eigenvalue weighted by Gasteiger charge is 2.21. The Bertz CT molecular complexity index is 159. The molecule has 1 fully saturated rings. The topological polar surface area (TPSA) is 29.5 Å². The lowest BCUT2D eigenvalue weighted by Crippen LogP contribution is -2.42. The summed E-state index contributed by atoms with van der Waals surface area (Å²) in [6.45, 7) is 1.19. The lowest BCUT2D eigenvalue weighted by molar-refractivity contribution is 0.0571. The highest BCUT2D eigenvalue weighted by Crippen LogP contribution is 2.08. The van der Waals surface area contributed by atoms with Crippen molar-refractivity contribution in [2.24, 2.45) is 0 Å². The average Bonchev–Trinajstić information content (AvgIpc) is 1.81. The molecule has 0 saturated carbocycles. The van der Waals surface area contributed by atoms with Crippen LogP contribution < -0.4 is 0 Å². The number of ether oxygens (including phenoxy) is 1. The molecule has 3 nitrogen and oxygen atoms in total. The first-order chi connectivity index (χ1) is 5.70. The van der Waals surface area contributed by atoms with Gasteiger partial charge in [0.1, 0.15) is 0 Å². The molecule has 0 aromatic heterocycles. The van der Waals surface area contributed by atoms with Crippen LogP contribution in [0, 0.1) is 0 Å². The zero-order valence-electron chi connectivity index (χ0n) is 6.63. The molecule has 1 amide bonds. The summed E-state index contributed by atoms with van der Waals surface area (Å²) in [4.78, 5) is 12.4. The fourth-order valence-electron chi connectivity index (χ4n) is 0.825. The average molecular weight is 179 g/mol. The molecule has 0 bridgehead atoms. The van der Waals surface area contributed by atoms with E-state index in [0.29, 0.717) is 13.1 Å². The molecule has 1 saturated heterocycles. The van der Waals surface area contributed by atoms with E-state index in [1.54, 1.807) is 0 Å². The Labute approximate surface area is 69.3 Å². The summed E-state index contributed by atoms with van der Waals surface area (Å²) in [7, 11) is 0. The Balaban J connectivity index is 2.02. The van der Waals surface area contributed by atoms with Crippen LogP contribution >= 0.6 is 0 Å². The van der Waals surface area contributed by atoms with Crippen molar-refractivity contribution in [1.29, 1.82) is 0 Å². The molecule has 0 radical (unpaired) electrons. The number of halogens is 2. The standard InChI is InChI=1S/C7H11F2NO2/c8-6(9)2-5-12-7(11)10-3-1-4-10/h6H,1-5H2. The van der Waals surface area contributed by atoms with Gasteiger partial charge in [-0.1, -0.05) is 0 Å². The van der Waals surface area contributed by atoms with Crippen LogP contribution in [-0.4, -0.2) is 37.1 Å². The van der Waals surface area contributed by atoms with Gasteiger partial charge < -0.3 is 9.64 Å². The van der Waals surface area contributed by atoms with E-state index in [9.17, 15) is 13.6 Å². The van der Waals surface area contributed by atoms with Crippen LogP contribution in [0.15, 0.2) is 0 Å². The van der Waals surface area contributed by atoms with Crippen LogP contribution in [-0.2, 0) is 4.74 Å². The van der Waals surface area contributed by atoms with Crippen molar-refractivity contribution in [3.05, 3.63) is 0 Å². The number of alkyl halides is 2. The number of rotatable bonds is 3. The Morgan fingerprint density at radius 1 is 1.50 bits per heavy atom. The van der Waals surface area contributed by atoms with Crippen LogP contribution in [0.2, 0.25) is 0 Å². The third-order valence-electron chi connectivity index (χ3n) is 1.68. The second-order valence-electron chi connectivity index (χ2n) is 2.63. The highest BCUT2D eigenvalue weighted by atomic mass is 19.3. The molecule has 1 heterocycles. The van der Waals surface area contributed by atoms with Crippen LogP contribution in [0.5, 0.6) is 0 Å². The Hall–Kier alpha value is -0.870. The number of amides is 1. The second kappa shape index (κ2) is 4.23. The van der Waals surface area contributed by atoms with Crippen LogP contribution in [0.3, 0.4) is 0 Å². The molecule has 12 heavy (non-hydrogen) atoms. The summed E-state index contributed by atoms with van der Waals surface area (Å²) >= 11 is 0. The molecule has 0 N–H and O–H groups in total. The zero-order valence-corrected chi connectivity index (χ0v) is 6.63. The number of hydrogen-bond donors (Lipinski definition) is 0. The van der Waals surface area contributed by atoms with Gasteiger partial charge >= 0.3 is 6.09 Å². The summed E-state index contributed by atoms with van der Waals surface area (Å²) in [6, 6.07) is 0. The molecular formula is C7H11F2NO2. The van der Waals surface area contributed by atoms with E-state index >= 15 is 0 Å². The Morgan fingerprint density at radius 2 is 2.17 bits per heavy atom. The lowest BCUT2D eigenvalue weighted by atomic mass is 10.2. The van der Waals surface area contributed by atoms with Gasteiger partial charge in [-0.2, -0.15) is 0 Å². The fourth-order valence-corrected chi connectivity index (χ4v) is 0.825. The van der Waals surface area contributed by atoms with Gasteiger partial charge in [0.05, 0.1) is 6.61 Å². The van der Waals surface area contributed by atoms with Crippen molar-refractivity contribution in [1.82, 2.24) is 4.90 Å². The van der Waals surface area contributed by atoms with Gasteiger partial charge in [-0.3, -0.25) is 0 Å². The minimum absolute atomic E-state index is 0.188. The summed E-state index contributed by atoms with van der Waals surface area (Å²) in [6.07, 6.45) is -2.26. The maximum absolute atomic E-state index is 11.6. The van der Waals surface area contributed by atoms with Crippen LogP contribution in [0.25, 0.3) is 0 Å². The van der Waals surface area contributed by atoms with E-state index in [1.165, 1.54) is 4.90 Å². The zero-order chi connectivity index (χ0) is 8.97. The molecular weight excluding hydrogens is 168 g/mol. The lowest BCUT2D eigenvalue weighted by Gasteiger charge is -2.29. The molecule has 0 unspecified atom stereocenters. The van der Waals surface area contributed by atoms with Crippen molar-refractivity contribution in [2.75, 3.05) is 19.7 Å². The molecule has 1 aliphatic rings. The van der Waals surface area contributed by atoms with E-state index in [2.05, 4.69) is 4.74 Å². The van der Waals surface area contributed by atoms with Gasteiger partial charge in [0, 0.05) is 19.5 Å². The third kappa shape index (κ3) is 2.64. The maximum atomic E-state index is 11.6. The molecule has 70 valence electrons. The monoisotopic (exact) mass is 179 g/mol. The maximum Gasteiger partial charge on any atom is 0.409 e. The first kappa shape index (κ1) is 9.22. The summed E-state index contributed by atoms with van der Waals surface area (Å²) < 4.78 is 27.7. The van der Waals surface area contributed by atoms with Crippen molar-refractivity contribution >= 4 is 6.09 Å². The Morgan fingerprint density at radius 3 is 2.58 bits per heavy atom. The molecule has 0 spiro atoms. The van der Waals surface area contributed by atoms with Crippen LogP contribution in [0.1, 0.15) is 12.8 Å². The summed E-state index contributed by atoms with van der Waals surface area (Å²) in [5, 5.41) is 0. The molecule has 0 aliphatic carbocycles. The second-order valence-corrected chi connectivity index (χ2v) is 2.63. The van der Waals surface area contributed by atoms with E-state index in [1.807, 2.05) is 0 Å². The van der Waals surface area contributed by atoms with E-state index in [-0.39, 0.29) is 13.0 Å². The van der Waals surface area contributed by atoms with E-state index < -0.39 is 12.5 Å². The van der Waals surface area contributed by atoms with Gasteiger partial charge in [0.2, 0.25) is 6.43 Å². The number of carbonyl (C=O) groups excluding carboxylic acids is 1. The fraction of sp³-hybridized carbons (Fsp3) is 0.857. The van der Waals surface area contributed by atoms with E-state index in [4.69, 9.17) is 0 Å². The van der Waals surface area contributed by atoms with Gasteiger partial charge in [0.25, 0.3) is 0 Å². The number of likely N-dealkylation sites (tertiary alicyclic amines) is 1. The van der Waals surface area contributed by atoms with Crippen molar-refractivity contribution in [2.45, 2.75) is 19.3 Å². The largest absolute Gasteiger partial charge is 0.449 e. The summed E-state index contributed by atoms with van der Waals surface area (Å²) in [5.74, 6) is 0. The van der Waals surface area contributed by atoms with Gasteiger partial charge in [-0.15, -0.1) is 0 Å². The predicted molar refractivity (Wildman–Crippen MR) is 38.2 cm³/mol. The van der Waals surface area contributed by atoms with Crippen molar-refractivity contribution in [3.8, 4) is 0 Å². The quantitative estimate of drug-likeness (QED) is 0.656. The molecule has 1 aliphatic heterocycles. The molecule has 0 aromatic rings. The Kier molecular flexibility index (Phi) is 3.25. The summed E-state index contributed by atoms with van der Waals surface area (Å²) in [5.41, 5.74) is 0. The first-order valence-electron chi connectivity index (χ1n) is 3.90. The molecule has 1 rings (SSSR count). The molecule has 0 atom stereocenters. The SMILES string of the molecule is O=C(OCCC(F)F)N1CCC1. The normalized spacial score (nSPS) is 16.1. The van der Waals surface area contributed by atoms with Gasteiger partial charge in [-0.05, 0) is 6.42 Å². The van der Waals surface area contributed by atoms with Gasteiger partial charge in [-0.25, -0.2) is 13.6 Å². The highest BCUT2D eigenvalue weighted by molar-refractivity contribution is 5.68. The number of hydrogen-bond acceptors (Lipinski definition) is 2. The minimum atomic E-state index is -2.39. The number of nitrogens with zero attached hydrogens (tertiary/aromatic N) is 1.